The number of carbonyl (C=O) groups is 1. The summed E-state index contributed by atoms with van der Waals surface area (Å²) < 4.78 is 18.3. The Bertz CT molecular complexity index is 882. The molecular weight excluding hydrogens is 410 g/mol. The van der Waals surface area contributed by atoms with Gasteiger partial charge in [-0.1, -0.05) is 91.0 Å². The molecule has 3 aromatic carbocycles. The second-order valence-electron chi connectivity index (χ2n) is 7.21. The first-order valence-corrected chi connectivity index (χ1v) is 10.2. The minimum Gasteiger partial charge on any atom is -0.770 e. The van der Waals surface area contributed by atoms with Crippen molar-refractivity contribution in [2.45, 2.75) is 25.9 Å². The fourth-order valence-electron chi connectivity index (χ4n) is 3.18. The lowest BCUT2D eigenvalue weighted by Gasteiger charge is -2.39. The molecule has 0 atom stereocenters. The van der Waals surface area contributed by atoms with Gasteiger partial charge in [0.25, 0.3) is 5.91 Å². The Kier molecular flexibility index (Phi) is 7.23. The Morgan fingerprint density at radius 1 is 0.719 bits per heavy atom. The average molecular weight is 434 g/mol. The zero-order valence-electron chi connectivity index (χ0n) is 17.4. The van der Waals surface area contributed by atoms with Crippen LogP contribution >= 0.6 is 0 Å². The van der Waals surface area contributed by atoms with Crippen LogP contribution in [0.4, 0.5) is 0 Å². The van der Waals surface area contributed by atoms with Crippen molar-refractivity contribution >= 4 is 5.91 Å². The zero-order valence-corrected chi connectivity index (χ0v) is 17.4. The molecule has 0 saturated carbocycles. The van der Waals surface area contributed by atoms with Crippen molar-refractivity contribution in [3.05, 3.63) is 113 Å². The summed E-state index contributed by atoms with van der Waals surface area (Å²) in [5.41, 5.74) is 5.01. The van der Waals surface area contributed by atoms with E-state index < -0.39 is 12.0 Å². The maximum atomic E-state index is 12.6. The molecule has 0 spiro atoms. The number of hydrogen-bond donors (Lipinski definition) is 1. The molecule has 0 unspecified atom stereocenters. The molecule has 32 heavy (non-hydrogen) atoms. The molecule has 0 bridgehead atoms. The summed E-state index contributed by atoms with van der Waals surface area (Å²) in [4.78, 5) is 12.6. The molecule has 166 valence electrons. The van der Waals surface area contributed by atoms with Gasteiger partial charge in [-0.3, -0.25) is 9.97 Å². The topological polar surface area (TPSA) is 86.3 Å². The van der Waals surface area contributed by atoms with E-state index in [9.17, 15) is 10.0 Å². The molecule has 1 aliphatic heterocycles. The number of rotatable bonds is 10. The maximum Gasteiger partial charge on any atom is 0.395 e. The lowest BCUT2D eigenvalue weighted by atomic mass is 10.2. The number of benzene rings is 3. The van der Waals surface area contributed by atoms with E-state index in [1.807, 2.05) is 91.0 Å². The molecule has 1 amide bonds. The highest BCUT2D eigenvalue weighted by molar-refractivity contribution is 5.79. The molecule has 3 aromatic rings. The monoisotopic (exact) mass is 434 g/mol. The van der Waals surface area contributed by atoms with Crippen molar-refractivity contribution in [3.63, 3.8) is 0 Å². The van der Waals surface area contributed by atoms with Gasteiger partial charge in [0.1, 0.15) is 0 Å². The quantitative estimate of drug-likeness (QED) is 0.490. The van der Waals surface area contributed by atoms with Crippen molar-refractivity contribution in [1.29, 1.82) is 0 Å². The van der Waals surface area contributed by atoms with E-state index in [0.29, 0.717) is 5.17 Å². The fourth-order valence-corrected chi connectivity index (χ4v) is 3.18. The van der Waals surface area contributed by atoms with E-state index in [2.05, 4.69) is 5.53 Å². The zero-order chi connectivity index (χ0) is 22.2. The molecule has 4 rings (SSSR count). The van der Waals surface area contributed by atoms with Gasteiger partial charge in [0.2, 0.25) is 0 Å². The van der Waals surface area contributed by atoms with Crippen LogP contribution in [-0.2, 0) is 38.8 Å². The second kappa shape index (κ2) is 10.5. The Morgan fingerprint density at radius 3 is 1.41 bits per heavy atom. The van der Waals surface area contributed by atoms with Crippen molar-refractivity contribution in [2.24, 2.45) is 0 Å². The predicted octanol–water partition coefficient (Wildman–Crippen LogP) is 3.31. The Balaban J connectivity index is 1.62. The molecule has 1 N–H and O–H groups in total. The van der Waals surface area contributed by atoms with Crippen LogP contribution in [0, 0.1) is 5.21 Å². The highest BCUT2D eigenvalue weighted by Crippen LogP contribution is 2.27. The van der Waals surface area contributed by atoms with E-state index in [1.165, 1.54) is 0 Å². The molecule has 0 aromatic heterocycles. The Labute approximate surface area is 186 Å². The fraction of sp³-hybridized carbons (Fsp3) is 0.208. The molecular formula is C24H24N3O5-. The predicted molar refractivity (Wildman–Crippen MR) is 116 cm³/mol. The van der Waals surface area contributed by atoms with Gasteiger partial charge in [0, 0.05) is 0 Å². The number of ether oxygens (including phenoxy) is 3. The largest absolute Gasteiger partial charge is 0.770 e. The van der Waals surface area contributed by atoms with Crippen LogP contribution in [0.3, 0.4) is 0 Å². The maximum absolute atomic E-state index is 12.6. The molecule has 0 radical (unpaired) electrons. The Morgan fingerprint density at radius 2 is 1.09 bits per heavy atom. The third-order valence-electron chi connectivity index (χ3n) is 4.81. The molecule has 1 aliphatic rings. The molecule has 8 nitrogen and oxygen atoms in total. The number of hydroxylamine groups is 1. The second-order valence-corrected chi connectivity index (χ2v) is 7.21. The van der Waals surface area contributed by atoms with Crippen molar-refractivity contribution in [3.8, 4) is 0 Å². The average Bonchev–Trinajstić information content (AvgIpc) is 3.19. The minimum atomic E-state index is -1.97. The number of hydrogen-bond acceptors (Lipinski definition) is 7. The van der Waals surface area contributed by atoms with Gasteiger partial charge in [0.05, 0.1) is 26.4 Å². The lowest BCUT2D eigenvalue weighted by molar-refractivity contribution is -0.457. The van der Waals surface area contributed by atoms with Crippen LogP contribution in [0.15, 0.2) is 91.0 Å². The summed E-state index contributed by atoms with van der Waals surface area (Å²) in [6.07, 6.45) is -1.97. The van der Waals surface area contributed by atoms with Crippen LogP contribution in [0.25, 0.3) is 0 Å². The number of amides is 1. The summed E-state index contributed by atoms with van der Waals surface area (Å²) in [6, 6.07) is 28.3. The van der Waals surface area contributed by atoms with E-state index in [4.69, 9.17) is 14.2 Å². The van der Waals surface area contributed by atoms with Gasteiger partial charge in [-0.2, -0.15) is 10.5 Å². The van der Waals surface area contributed by atoms with Crippen LogP contribution in [0.2, 0.25) is 0 Å². The summed E-state index contributed by atoms with van der Waals surface area (Å²) >= 11 is 0. The number of nitrogens with one attached hydrogen (secondary N) is 1. The SMILES string of the molecule is O=C1CN([O-])NN1C(OCc1ccccc1)(OCc1ccccc1)OCc1ccccc1. The molecule has 1 saturated heterocycles. The van der Waals surface area contributed by atoms with Gasteiger partial charge in [-0.25, -0.2) is 0 Å². The van der Waals surface area contributed by atoms with E-state index in [1.54, 1.807) is 0 Å². The third-order valence-corrected chi connectivity index (χ3v) is 4.81. The van der Waals surface area contributed by atoms with E-state index >= 15 is 0 Å². The van der Waals surface area contributed by atoms with Crippen LogP contribution in [0.1, 0.15) is 16.7 Å². The summed E-state index contributed by atoms with van der Waals surface area (Å²) in [7, 11) is 0. The Hall–Kier alpha value is -3.11. The van der Waals surface area contributed by atoms with Crippen molar-refractivity contribution in [2.75, 3.05) is 6.54 Å². The number of carbonyl (C=O) groups excluding carboxylic acids is 1. The summed E-state index contributed by atoms with van der Waals surface area (Å²) in [5, 5.41) is 13.3. The first-order chi connectivity index (χ1) is 15.6. The number of hydrazine groups is 2. The van der Waals surface area contributed by atoms with Crippen LogP contribution in [0.5, 0.6) is 0 Å². The van der Waals surface area contributed by atoms with Crippen molar-refractivity contribution < 1.29 is 19.0 Å². The molecule has 0 aliphatic carbocycles. The van der Waals surface area contributed by atoms with Gasteiger partial charge >= 0.3 is 6.10 Å². The van der Waals surface area contributed by atoms with E-state index in [0.717, 1.165) is 21.7 Å². The normalized spacial score (nSPS) is 14.8. The molecule has 8 heteroatoms. The van der Waals surface area contributed by atoms with Gasteiger partial charge in [-0.15, -0.1) is 0 Å². The van der Waals surface area contributed by atoms with Crippen LogP contribution in [-0.4, -0.2) is 28.7 Å². The van der Waals surface area contributed by atoms with Gasteiger partial charge < -0.3 is 19.4 Å². The lowest BCUT2D eigenvalue weighted by Crippen LogP contribution is -2.60. The van der Waals surface area contributed by atoms with Crippen LogP contribution < -0.4 is 5.53 Å². The summed E-state index contributed by atoms with van der Waals surface area (Å²) in [5.74, 6) is -0.533. The van der Waals surface area contributed by atoms with E-state index in [-0.39, 0.29) is 26.4 Å². The number of nitrogens with zero attached hydrogens (tertiary/aromatic N) is 2. The highest BCUT2D eigenvalue weighted by atomic mass is 16.9. The molecule has 1 fully saturated rings. The van der Waals surface area contributed by atoms with Crippen molar-refractivity contribution in [1.82, 2.24) is 15.7 Å². The minimum absolute atomic E-state index is 0.0920. The van der Waals surface area contributed by atoms with Gasteiger partial charge in [-0.05, 0) is 16.7 Å². The third kappa shape index (κ3) is 5.57. The highest BCUT2D eigenvalue weighted by Gasteiger charge is 2.48. The first-order valence-electron chi connectivity index (χ1n) is 10.2. The standard InChI is InChI=1S/C24H24N3O5/c28-23-16-26(29)25-27(23)24(30-17-20-10-4-1-5-11-20,31-18-21-12-6-2-7-13-21)32-19-22-14-8-3-9-15-22/h1-15,25H,16-19H2/q-1. The molecule has 1 heterocycles. The summed E-state index contributed by atoms with van der Waals surface area (Å²) in [6.45, 7) is -0.113. The smallest absolute Gasteiger partial charge is 0.395 e. The van der Waals surface area contributed by atoms with Gasteiger partial charge in [0.15, 0.2) is 0 Å². The first kappa shape index (κ1) is 22.1.